The SMILES string of the molecule is CCc1ccc(C(=O)N2CCC(c3nc(C(=O)N4CCOCC4)c(C)o3)CC2)cc1. The summed E-state index contributed by atoms with van der Waals surface area (Å²) in [6.07, 6.45) is 2.53. The number of hydrogen-bond acceptors (Lipinski definition) is 5. The summed E-state index contributed by atoms with van der Waals surface area (Å²) in [5.41, 5.74) is 2.37. The van der Waals surface area contributed by atoms with Gasteiger partial charge in [0.25, 0.3) is 11.8 Å². The van der Waals surface area contributed by atoms with Crippen molar-refractivity contribution in [2.24, 2.45) is 0 Å². The van der Waals surface area contributed by atoms with Gasteiger partial charge in [0, 0.05) is 37.7 Å². The van der Waals surface area contributed by atoms with Gasteiger partial charge in [-0.1, -0.05) is 19.1 Å². The van der Waals surface area contributed by atoms with Crippen molar-refractivity contribution in [2.75, 3.05) is 39.4 Å². The number of likely N-dealkylation sites (tertiary alicyclic amines) is 1. The minimum absolute atomic E-state index is 0.0721. The normalized spacial score (nSPS) is 17.9. The lowest BCUT2D eigenvalue weighted by Crippen LogP contribution is -2.41. The summed E-state index contributed by atoms with van der Waals surface area (Å²) >= 11 is 0. The zero-order valence-electron chi connectivity index (χ0n) is 17.7. The van der Waals surface area contributed by atoms with Crippen LogP contribution in [0.2, 0.25) is 0 Å². The number of oxazole rings is 1. The Morgan fingerprint density at radius 2 is 1.63 bits per heavy atom. The number of aryl methyl sites for hydroxylation is 2. The summed E-state index contributed by atoms with van der Waals surface area (Å²) in [6, 6.07) is 7.85. The average molecular weight is 412 g/mol. The van der Waals surface area contributed by atoms with Gasteiger partial charge in [-0.25, -0.2) is 4.98 Å². The Kier molecular flexibility index (Phi) is 6.18. The van der Waals surface area contributed by atoms with Crippen LogP contribution >= 0.6 is 0 Å². The second kappa shape index (κ2) is 9.00. The molecule has 160 valence electrons. The summed E-state index contributed by atoms with van der Waals surface area (Å²) < 4.78 is 11.2. The van der Waals surface area contributed by atoms with Gasteiger partial charge >= 0.3 is 0 Å². The lowest BCUT2D eigenvalue weighted by Gasteiger charge is -2.30. The van der Waals surface area contributed by atoms with Gasteiger partial charge in [0.2, 0.25) is 0 Å². The van der Waals surface area contributed by atoms with Gasteiger partial charge in [-0.3, -0.25) is 9.59 Å². The molecule has 2 saturated heterocycles. The van der Waals surface area contributed by atoms with Crippen molar-refractivity contribution in [1.82, 2.24) is 14.8 Å². The van der Waals surface area contributed by atoms with Crippen molar-refractivity contribution in [2.45, 2.75) is 39.0 Å². The van der Waals surface area contributed by atoms with Crippen LogP contribution in [0.1, 0.15) is 63.7 Å². The first-order valence-corrected chi connectivity index (χ1v) is 10.8. The molecule has 2 amide bonds. The molecule has 30 heavy (non-hydrogen) atoms. The molecule has 7 nitrogen and oxygen atoms in total. The minimum atomic E-state index is -0.0889. The summed E-state index contributed by atoms with van der Waals surface area (Å²) in [5.74, 6) is 1.29. The molecule has 0 unspecified atom stereocenters. The Morgan fingerprint density at radius 1 is 1.00 bits per heavy atom. The van der Waals surface area contributed by atoms with Crippen molar-refractivity contribution >= 4 is 11.8 Å². The van der Waals surface area contributed by atoms with Gasteiger partial charge in [-0.15, -0.1) is 0 Å². The highest BCUT2D eigenvalue weighted by Crippen LogP contribution is 2.30. The van der Waals surface area contributed by atoms with Crippen LogP contribution in [0.5, 0.6) is 0 Å². The second-order valence-corrected chi connectivity index (χ2v) is 7.98. The largest absolute Gasteiger partial charge is 0.445 e. The predicted molar refractivity (Wildman–Crippen MR) is 112 cm³/mol. The molecule has 0 bridgehead atoms. The fourth-order valence-corrected chi connectivity index (χ4v) is 4.10. The molecule has 0 aliphatic carbocycles. The molecule has 2 aliphatic rings. The standard InChI is InChI=1S/C23H29N3O4/c1-3-17-4-6-19(7-5-17)22(27)25-10-8-18(9-11-25)21-24-20(16(2)30-21)23(28)26-12-14-29-15-13-26/h4-7,18H,3,8-15H2,1-2H3. The van der Waals surface area contributed by atoms with Crippen molar-refractivity contribution in [1.29, 1.82) is 0 Å². The summed E-state index contributed by atoms with van der Waals surface area (Å²) in [5, 5.41) is 0. The molecule has 0 spiro atoms. The number of morpholine rings is 1. The Morgan fingerprint density at radius 3 is 2.27 bits per heavy atom. The highest BCUT2D eigenvalue weighted by Gasteiger charge is 2.30. The molecule has 0 radical (unpaired) electrons. The van der Waals surface area contributed by atoms with E-state index >= 15 is 0 Å². The molecule has 0 saturated carbocycles. The first-order chi connectivity index (χ1) is 14.6. The Labute approximate surface area is 177 Å². The molecule has 2 aliphatic heterocycles. The fourth-order valence-electron chi connectivity index (χ4n) is 4.10. The van der Waals surface area contributed by atoms with Crippen LogP contribution in [0.15, 0.2) is 28.7 Å². The Balaban J connectivity index is 1.38. The van der Waals surface area contributed by atoms with E-state index in [1.807, 2.05) is 29.2 Å². The van der Waals surface area contributed by atoms with Crippen LogP contribution in [0, 0.1) is 6.92 Å². The second-order valence-electron chi connectivity index (χ2n) is 7.98. The smallest absolute Gasteiger partial charge is 0.276 e. The van der Waals surface area contributed by atoms with Crippen LogP contribution in [-0.4, -0.2) is 66.0 Å². The summed E-state index contributed by atoms with van der Waals surface area (Å²) in [7, 11) is 0. The van der Waals surface area contributed by atoms with E-state index in [-0.39, 0.29) is 17.7 Å². The molecular formula is C23H29N3O4. The monoisotopic (exact) mass is 411 g/mol. The number of carbonyl (C=O) groups excluding carboxylic acids is 2. The van der Waals surface area contributed by atoms with E-state index in [1.165, 1.54) is 5.56 Å². The zero-order chi connectivity index (χ0) is 21.1. The molecule has 0 atom stereocenters. The molecule has 2 aromatic rings. The van der Waals surface area contributed by atoms with Gasteiger partial charge in [-0.2, -0.15) is 0 Å². The fraction of sp³-hybridized carbons (Fsp3) is 0.522. The van der Waals surface area contributed by atoms with E-state index < -0.39 is 0 Å². The van der Waals surface area contributed by atoms with Crippen LogP contribution in [0.25, 0.3) is 0 Å². The highest BCUT2D eigenvalue weighted by atomic mass is 16.5. The van der Waals surface area contributed by atoms with E-state index in [4.69, 9.17) is 9.15 Å². The number of amides is 2. The number of ether oxygens (including phenoxy) is 1. The molecular weight excluding hydrogens is 382 g/mol. The number of hydrogen-bond donors (Lipinski definition) is 0. The zero-order valence-corrected chi connectivity index (χ0v) is 17.7. The van der Waals surface area contributed by atoms with Crippen molar-refractivity contribution < 1.29 is 18.7 Å². The molecule has 1 aromatic carbocycles. The molecule has 7 heteroatoms. The van der Waals surface area contributed by atoms with E-state index in [0.717, 1.165) is 24.8 Å². The van der Waals surface area contributed by atoms with Crippen molar-refractivity contribution in [3.8, 4) is 0 Å². The number of rotatable bonds is 4. The minimum Gasteiger partial charge on any atom is -0.445 e. The van der Waals surface area contributed by atoms with Crippen molar-refractivity contribution in [3.63, 3.8) is 0 Å². The van der Waals surface area contributed by atoms with E-state index in [1.54, 1.807) is 11.8 Å². The molecule has 2 fully saturated rings. The topological polar surface area (TPSA) is 75.9 Å². The van der Waals surface area contributed by atoms with Crippen LogP contribution in [-0.2, 0) is 11.2 Å². The molecule has 3 heterocycles. The van der Waals surface area contributed by atoms with Gasteiger partial charge < -0.3 is 19.0 Å². The average Bonchev–Trinajstić information content (AvgIpc) is 3.20. The van der Waals surface area contributed by atoms with Crippen LogP contribution in [0.3, 0.4) is 0 Å². The third kappa shape index (κ3) is 4.26. The first-order valence-electron chi connectivity index (χ1n) is 10.8. The van der Waals surface area contributed by atoms with Crippen LogP contribution < -0.4 is 0 Å². The lowest BCUT2D eigenvalue weighted by atomic mass is 9.96. The first kappa shape index (κ1) is 20.6. The third-order valence-corrected chi connectivity index (χ3v) is 6.05. The summed E-state index contributed by atoms with van der Waals surface area (Å²) in [4.78, 5) is 33.8. The maximum Gasteiger partial charge on any atom is 0.276 e. The maximum absolute atomic E-state index is 12.8. The number of nitrogens with zero attached hydrogens (tertiary/aromatic N) is 3. The van der Waals surface area contributed by atoms with E-state index in [2.05, 4.69) is 11.9 Å². The van der Waals surface area contributed by atoms with Gasteiger partial charge in [0.1, 0.15) is 5.76 Å². The predicted octanol–water partition coefficient (Wildman–Crippen LogP) is 3.04. The number of benzene rings is 1. The van der Waals surface area contributed by atoms with E-state index in [9.17, 15) is 9.59 Å². The molecule has 1 aromatic heterocycles. The van der Waals surface area contributed by atoms with Gasteiger partial charge in [0.15, 0.2) is 11.6 Å². The van der Waals surface area contributed by atoms with Crippen LogP contribution in [0.4, 0.5) is 0 Å². The van der Waals surface area contributed by atoms with Gasteiger partial charge in [0.05, 0.1) is 13.2 Å². The third-order valence-electron chi connectivity index (χ3n) is 6.05. The Bertz CT molecular complexity index is 892. The highest BCUT2D eigenvalue weighted by molar-refractivity contribution is 5.94. The van der Waals surface area contributed by atoms with Crippen molar-refractivity contribution in [3.05, 3.63) is 52.7 Å². The maximum atomic E-state index is 12.8. The number of aromatic nitrogens is 1. The molecule has 4 rings (SSSR count). The number of piperidine rings is 1. The lowest BCUT2D eigenvalue weighted by molar-refractivity contribution is 0.0298. The molecule has 0 N–H and O–H groups in total. The van der Waals surface area contributed by atoms with E-state index in [0.29, 0.717) is 56.7 Å². The Hall–Kier alpha value is -2.67. The number of carbonyl (C=O) groups is 2. The quantitative estimate of drug-likeness (QED) is 0.773. The van der Waals surface area contributed by atoms with Gasteiger partial charge in [-0.05, 0) is 43.9 Å². The summed E-state index contributed by atoms with van der Waals surface area (Å²) in [6.45, 7) is 7.50.